The molecule has 0 spiro atoms. The Morgan fingerprint density at radius 1 is 1.00 bits per heavy atom. The van der Waals surface area contributed by atoms with Crippen molar-refractivity contribution in [3.05, 3.63) is 17.4 Å². The van der Waals surface area contributed by atoms with Gasteiger partial charge in [-0.3, -0.25) is 0 Å². The summed E-state index contributed by atoms with van der Waals surface area (Å²) >= 11 is 0. The van der Waals surface area contributed by atoms with Crippen LogP contribution in [0.25, 0.3) is 0 Å². The van der Waals surface area contributed by atoms with Gasteiger partial charge >= 0.3 is 0 Å². The van der Waals surface area contributed by atoms with Crippen molar-refractivity contribution >= 4 is 0 Å². The first-order chi connectivity index (χ1) is 4.36. The number of rotatable bonds is 0. The minimum absolute atomic E-state index is 0.233. The third-order valence-electron chi connectivity index (χ3n) is 2.09. The Bertz CT molecular complexity index is 152. The van der Waals surface area contributed by atoms with Gasteiger partial charge in [0.2, 0.25) is 0 Å². The molecule has 2 nitrogen and oxygen atoms in total. The van der Waals surface area contributed by atoms with E-state index in [9.17, 15) is 5.21 Å². The van der Waals surface area contributed by atoms with Crippen molar-refractivity contribution < 1.29 is 5.06 Å². The Kier molecular flexibility index (Phi) is 1.42. The minimum atomic E-state index is -0.233. The van der Waals surface area contributed by atoms with Crippen LogP contribution in [0.2, 0.25) is 0 Å². The molecule has 58 valence electrons. The summed E-state index contributed by atoms with van der Waals surface area (Å²) < 4.78 is 0. The zero-order chi connectivity index (χ0) is 7.99. The van der Waals surface area contributed by atoms with Gasteiger partial charge < -0.3 is 10.3 Å². The number of hydrogen-bond acceptors (Lipinski definition) is 1. The number of nitrogens with one attached hydrogen (secondary N) is 1. The SMILES string of the molecule is CC1(C)C=CC(C)(C)[NH+]1[O-]. The molecule has 0 aliphatic carbocycles. The van der Waals surface area contributed by atoms with Crippen molar-refractivity contribution in [2.24, 2.45) is 0 Å². The molecule has 0 amide bonds. The highest BCUT2D eigenvalue weighted by Crippen LogP contribution is 2.14. The van der Waals surface area contributed by atoms with Gasteiger partial charge in [0, 0.05) is 0 Å². The van der Waals surface area contributed by atoms with Crippen molar-refractivity contribution in [1.29, 1.82) is 0 Å². The van der Waals surface area contributed by atoms with E-state index in [1.807, 2.05) is 39.8 Å². The third kappa shape index (κ3) is 0.976. The fraction of sp³-hybridized carbons (Fsp3) is 0.750. The quantitative estimate of drug-likeness (QED) is 0.386. The van der Waals surface area contributed by atoms with Crippen LogP contribution in [-0.2, 0) is 0 Å². The molecule has 1 aliphatic rings. The zero-order valence-electron chi connectivity index (χ0n) is 7.06. The molecule has 0 saturated carbocycles. The van der Waals surface area contributed by atoms with Gasteiger partial charge in [0.25, 0.3) is 0 Å². The van der Waals surface area contributed by atoms with Crippen molar-refractivity contribution in [1.82, 2.24) is 0 Å². The van der Waals surface area contributed by atoms with E-state index in [0.717, 1.165) is 0 Å². The molecular weight excluding hydrogens is 126 g/mol. The first-order valence-electron chi connectivity index (χ1n) is 3.61. The Hall–Kier alpha value is -0.340. The summed E-state index contributed by atoms with van der Waals surface area (Å²) in [5.74, 6) is 0. The van der Waals surface area contributed by atoms with E-state index in [-0.39, 0.29) is 11.1 Å². The molecule has 1 heterocycles. The van der Waals surface area contributed by atoms with Crippen LogP contribution < -0.4 is 5.06 Å². The molecule has 0 bridgehead atoms. The molecule has 1 aliphatic heterocycles. The van der Waals surface area contributed by atoms with Crippen LogP contribution in [0.1, 0.15) is 27.7 Å². The van der Waals surface area contributed by atoms with Crippen LogP contribution in [-0.4, -0.2) is 11.1 Å². The second-order valence-corrected chi connectivity index (χ2v) is 4.11. The Balaban J connectivity index is 2.88. The maximum absolute atomic E-state index is 11.5. The monoisotopic (exact) mass is 141 g/mol. The van der Waals surface area contributed by atoms with Gasteiger partial charge in [0.15, 0.2) is 0 Å². The summed E-state index contributed by atoms with van der Waals surface area (Å²) in [7, 11) is 0. The molecule has 2 heteroatoms. The Morgan fingerprint density at radius 2 is 1.30 bits per heavy atom. The van der Waals surface area contributed by atoms with Gasteiger partial charge in [0.1, 0.15) is 11.1 Å². The number of hydrogen-bond donors (Lipinski definition) is 1. The highest BCUT2D eigenvalue weighted by atomic mass is 16.5. The van der Waals surface area contributed by atoms with Gasteiger partial charge in [-0.1, -0.05) is 0 Å². The fourth-order valence-corrected chi connectivity index (χ4v) is 1.40. The van der Waals surface area contributed by atoms with Crippen LogP contribution in [0.15, 0.2) is 12.2 Å². The number of hydroxylamine groups is 2. The lowest BCUT2D eigenvalue weighted by molar-refractivity contribution is -0.926. The van der Waals surface area contributed by atoms with E-state index in [2.05, 4.69) is 0 Å². The summed E-state index contributed by atoms with van der Waals surface area (Å²) in [4.78, 5) is 0. The lowest BCUT2D eigenvalue weighted by atomic mass is 10.1. The smallest absolute Gasteiger partial charge is 0.111 e. The molecule has 10 heavy (non-hydrogen) atoms. The van der Waals surface area contributed by atoms with Gasteiger partial charge in [-0.15, -0.1) is 0 Å². The summed E-state index contributed by atoms with van der Waals surface area (Å²) in [6.07, 6.45) is 3.99. The van der Waals surface area contributed by atoms with Crippen molar-refractivity contribution in [3.63, 3.8) is 0 Å². The molecule has 0 aromatic heterocycles. The van der Waals surface area contributed by atoms with Crippen LogP contribution in [0.3, 0.4) is 0 Å². The summed E-state index contributed by atoms with van der Waals surface area (Å²) in [5, 5.41) is 11.8. The molecule has 0 atom stereocenters. The van der Waals surface area contributed by atoms with Crippen LogP contribution in [0.4, 0.5) is 0 Å². The maximum Gasteiger partial charge on any atom is 0.111 e. The van der Waals surface area contributed by atoms with Gasteiger partial charge in [-0.25, -0.2) is 0 Å². The molecule has 1 rings (SSSR count). The second-order valence-electron chi connectivity index (χ2n) is 4.11. The van der Waals surface area contributed by atoms with E-state index in [1.165, 1.54) is 0 Å². The first-order valence-corrected chi connectivity index (χ1v) is 3.61. The van der Waals surface area contributed by atoms with Gasteiger partial charge in [-0.2, -0.15) is 0 Å². The van der Waals surface area contributed by atoms with Gasteiger partial charge in [0.05, 0.1) is 0 Å². The van der Waals surface area contributed by atoms with Crippen LogP contribution >= 0.6 is 0 Å². The zero-order valence-corrected chi connectivity index (χ0v) is 7.06. The van der Waals surface area contributed by atoms with Crippen molar-refractivity contribution in [3.8, 4) is 0 Å². The Labute approximate surface area is 62.1 Å². The maximum atomic E-state index is 11.5. The molecule has 1 N–H and O–H groups in total. The van der Waals surface area contributed by atoms with Crippen LogP contribution in [0, 0.1) is 5.21 Å². The van der Waals surface area contributed by atoms with Crippen molar-refractivity contribution in [2.45, 2.75) is 38.8 Å². The lowest BCUT2D eigenvalue weighted by Gasteiger charge is -2.40. The summed E-state index contributed by atoms with van der Waals surface area (Å²) in [6, 6.07) is 0. The largest absolute Gasteiger partial charge is 0.633 e. The molecule has 0 fully saturated rings. The highest BCUT2D eigenvalue weighted by molar-refractivity contribution is 5.10. The normalized spacial score (nSPS) is 29.3. The second kappa shape index (κ2) is 1.83. The van der Waals surface area contributed by atoms with E-state index in [1.54, 1.807) is 0 Å². The topological polar surface area (TPSA) is 27.5 Å². The predicted octanol–water partition coefficient (Wildman–Crippen LogP) is 0.496. The average Bonchev–Trinajstić information content (AvgIpc) is 1.95. The van der Waals surface area contributed by atoms with E-state index in [0.29, 0.717) is 5.06 Å². The molecular formula is C8H15NO. The van der Waals surface area contributed by atoms with Crippen molar-refractivity contribution in [2.75, 3.05) is 0 Å². The third-order valence-corrected chi connectivity index (χ3v) is 2.09. The average molecular weight is 141 g/mol. The van der Waals surface area contributed by atoms with E-state index < -0.39 is 0 Å². The Morgan fingerprint density at radius 3 is 1.40 bits per heavy atom. The lowest BCUT2D eigenvalue weighted by Crippen LogP contribution is -3.19. The molecule has 0 aromatic rings. The summed E-state index contributed by atoms with van der Waals surface area (Å²) in [6.45, 7) is 7.84. The molecule has 0 radical (unpaired) electrons. The number of quaternary nitrogens is 1. The highest BCUT2D eigenvalue weighted by Gasteiger charge is 2.38. The summed E-state index contributed by atoms with van der Waals surface area (Å²) in [5.41, 5.74) is -0.465. The molecule has 0 aromatic carbocycles. The minimum Gasteiger partial charge on any atom is -0.633 e. The first kappa shape index (κ1) is 7.76. The van der Waals surface area contributed by atoms with E-state index in [4.69, 9.17) is 0 Å². The standard InChI is InChI=1S/C8H15NO/c1-7(2)5-6-8(3,4)9(7)10/h5-6,9H,1-4H3. The van der Waals surface area contributed by atoms with E-state index >= 15 is 0 Å². The molecule has 0 unspecified atom stereocenters. The fourth-order valence-electron chi connectivity index (χ4n) is 1.40. The van der Waals surface area contributed by atoms with Gasteiger partial charge in [-0.05, 0) is 39.8 Å². The predicted molar refractivity (Wildman–Crippen MR) is 41.6 cm³/mol. The molecule has 0 saturated heterocycles. The van der Waals surface area contributed by atoms with Crippen LogP contribution in [0.5, 0.6) is 0 Å².